The van der Waals surface area contributed by atoms with Gasteiger partial charge in [-0.1, -0.05) is 13.8 Å². The second-order valence-corrected chi connectivity index (χ2v) is 3.16. The third-order valence-electron chi connectivity index (χ3n) is 1.63. The maximum atomic E-state index is 2.19. The first-order valence-electron chi connectivity index (χ1n) is 2.92. The van der Waals surface area contributed by atoms with Gasteiger partial charge in [0.2, 0.25) is 0 Å². The van der Waals surface area contributed by atoms with Crippen molar-refractivity contribution in [3.63, 3.8) is 0 Å². The molecule has 0 aromatic rings. The molecular formula is C7H18S. The molecule has 0 unspecified atom stereocenters. The first kappa shape index (κ1) is 8.35. The predicted molar refractivity (Wildman–Crippen MR) is 44.6 cm³/mol. The highest BCUT2D eigenvalue weighted by Crippen LogP contribution is 2.28. The molecule has 1 aliphatic carbocycles. The van der Waals surface area contributed by atoms with Gasteiger partial charge in [0.05, 0.1) is 0 Å². The SMILES string of the molecule is C.CSCC1CCC1.[HH]. The molecule has 0 aromatic heterocycles. The van der Waals surface area contributed by atoms with Gasteiger partial charge in [0.25, 0.3) is 0 Å². The summed E-state index contributed by atoms with van der Waals surface area (Å²) in [4.78, 5) is 0. The molecule has 0 radical (unpaired) electrons. The van der Waals surface area contributed by atoms with E-state index in [2.05, 4.69) is 6.26 Å². The Kier molecular flexibility index (Phi) is 4.44. The second-order valence-electron chi connectivity index (χ2n) is 2.25. The van der Waals surface area contributed by atoms with Crippen molar-refractivity contribution in [1.29, 1.82) is 0 Å². The van der Waals surface area contributed by atoms with Gasteiger partial charge in [0.15, 0.2) is 0 Å². The maximum Gasteiger partial charge on any atom is 0 e. The Morgan fingerprint density at radius 2 is 2.25 bits per heavy atom. The Balaban J connectivity index is 0. The molecule has 1 saturated carbocycles. The first-order valence-corrected chi connectivity index (χ1v) is 4.32. The van der Waals surface area contributed by atoms with E-state index >= 15 is 0 Å². The van der Waals surface area contributed by atoms with Crippen LogP contribution in [0.2, 0.25) is 0 Å². The van der Waals surface area contributed by atoms with Crippen LogP contribution in [0.3, 0.4) is 0 Å². The van der Waals surface area contributed by atoms with Gasteiger partial charge in [-0.3, -0.25) is 0 Å². The Bertz CT molecular complexity index is 52.9. The van der Waals surface area contributed by atoms with Crippen LogP contribution in [-0.4, -0.2) is 12.0 Å². The fourth-order valence-electron chi connectivity index (χ4n) is 0.895. The molecule has 0 nitrogen and oxygen atoms in total. The van der Waals surface area contributed by atoms with Crippen LogP contribution in [0.15, 0.2) is 0 Å². The second kappa shape index (κ2) is 4.25. The molecule has 1 rings (SSSR count). The van der Waals surface area contributed by atoms with Gasteiger partial charge < -0.3 is 0 Å². The number of thioether (sulfide) groups is 1. The zero-order valence-electron chi connectivity index (χ0n) is 4.81. The van der Waals surface area contributed by atoms with Crippen molar-refractivity contribution in [2.75, 3.05) is 12.0 Å². The number of hydrogen-bond acceptors (Lipinski definition) is 1. The van der Waals surface area contributed by atoms with E-state index in [9.17, 15) is 0 Å². The fourth-order valence-corrected chi connectivity index (χ4v) is 1.70. The highest BCUT2D eigenvalue weighted by atomic mass is 32.2. The highest BCUT2D eigenvalue weighted by molar-refractivity contribution is 7.98. The minimum atomic E-state index is 0. The molecule has 0 saturated heterocycles. The smallest absolute Gasteiger partial charge is 0 e. The molecule has 0 bridgehead atoms. The zero-order valence-corrected chi connectivity index (χ0v) is 5.63. The minimum Gasteiger partial charge on any atom is -0.165 e. The zero-order chi connectivity index (χ0) is 5.11. The lowest BCUT2D eigenvalue weighted by Gasteiger charge is -2.23. The number of hydrogen-bond donors (Lipinski definition) is 0. The molecular weight excluding hydrogens is 116 g/mol. The quantitative estimate of drug-likeness (QED) is 0.559. The van der Waals surface area contributed by atoms with Crippen LogP contribution in [0.25, 0.3) is 0 Å². The maximum absolute atomic E-state index is 2.19. The van der Waals surface area contributed by atoms with E-state index in [1.54, 1.807) is 0 Å². The summed E-state index contributed by atoms with van der Waals surface area (Å²) in [6, 6.07) is 0. The highest BCUT2D eigenvalue weighted by Gasteiger charge is 2.15. The molecule has 0 heterocycles. The fraction of sp³-hybridized carbons (Fsp3) is 1.00. The molecule has 1 fully saturated rings. The van der Waals surface area contributed by atoms with Crippen LogP contribution in [0, 0.1) is 5.92 Å². The third kappa shape index (κ3) is 2.08. The lowest BCUT2D eigenvalue weighted by molar-refractivity contribution is 0.353. The summed E-state index contributed by atoms with van der Waals surface area (Å²) in [5, 5.41) is 0. The van der Waals surface area contributed by atoms with Crippen LogP contribution in [0.4, 0.5) is 0 Å². The standard InChI is InChI=1S/C6H12S.CH4.H2/c1-7-5-6-3-2-4-6;;/h6H,2-5H2,1H3;1H4;1H. The van der Waals surface area contributed by atoms with Crippen LogP contribution in [-0.2, 0) is 0 Å². The van der Waals surface area contributed by atoms with Crippen LogP contribution in [0.5, 0.6) is 0 Å². The summed E-state index contributed by atoms with van der Waals surface area (Å²) < 4.78 is 0. The molecule has 1 heteroatoms. The number of rotatable bonds is 2. The minimum absolute atomic E-state index is 0. The van der Waals surface area contributed by atoms with Crippen molar-refractivity contribution in [2.45, 2.75) is 26.7 Å². The summed E-state index contributed by atoms with van der Waals surface area (Å²) in [5.74, 6) is 2.50. The summed E-state index contributed by atoms with van der Waals surface area (Å²) in [6.07, 6.45) is 6.69. The van der Waals surface area contributed by atoms with Crippen molar-refractivity contribution in [1.82, 2.24) is 0 Å². The first-order chi connectivity index (χ1) is 3.43. The lowest BCUT2D eigenvalue weighted by Crippen LogP contribution is -2.12. The molecule has 0 atom stereocenters. The molecule has 0 spiro atoms. The van der Waals surface area contributed by atoms with Gasteiger partial charge in [0, 0.05) is 1.43 Å². The topological polar surface area (TPSA) is 0 Å². The van der Waals surface area contributed by atoms with E-state index < -0.39 is 0 Å². The molecule has 0 amide bonds. The largest absolute Gasteiger partial charge is 0.165 e. The van der Waals surface area contributed by atoms with Crippen molar-refractivity contribution < 1.29 is 1.43 Å². The van der Waals surface area contributed by atoms with E-state index in [1.807, 2.05) is 11.8 Å². The summed E-state index contributed by atoms with van der Waals surface area (Å²) in [7, 11) is 0. The third-order valence-corrected chi connectivity index (χ3v) is 2.43. The van der Waals surface area contributed by atoms with Gasteiger partial charge >= 0.3 is 0 Å². The van der Waals surface area contributed by atoms with Crippen LogP contribution in [0.1, 0.15) is 28.1 Å². The van der Waals surface area contributed by atoms with E-state index in [-0.39, 0.29) is 8.85 Å². The van der Waals surface area contributed by atoms with Crippen molar-refractivity contribution in [2.24, 2.45) is 5.92 Å². The molecule has 0 N–H and O–H groups in total. The molecule has 0 aromatic carbocycles. The average molecular weight is 134 g/mol. The summed E-state index contributed by atoms with van der Waals surface area (Å²) in [5.41, 5.74) is 0. The molecule has 0 aliphatic heterocycles. The average Bonchev–Trinajstić information content (AvgIpc) is 1.55. The normalized spacial score (nSPS) is 19.1. The van der Waals surface area contributed by atoms with Gasteiger partial charge in [-0.05, 0) is 30.8 Å². The Morgan fingerprint density at radius 3 is 2.38 bits per heavy atom. The van der Waals surface area contributed by atoms with Gasteiger partial charge in [-0.25, -0.2) is 0 Å². The van der Waals surface area contributed by atoms with Crippen molar-refractivity contribution >= 4 is 11.8 Å². The van der Waals surface area contributed by atoms with Crippen LogP contribution < -0.4 is 0 Å². The lowest BCUT2D eigenvalue weighted by atomic mass is 9.87. The predicted octanol–water partition coefficient (Wildman–Crippen LogP) is 3.03. The molecule has 8 heavy (non-hydrogen) atoms. The molecule has 1 aliphatic rings. The summed E-state index contributed by atoms with van der Waals surface area (Å²) in [6.45, 7) is 0. The van der Waals surface area contributed by atoms with E-state index in [0.717, 1.165) is 5.92 Å². The Labute approximate surface area is 58.5 Å². The van der Waals surface area contributed by atoms with E-state index in [1.165, 1.54) is 25.0 Å². The monoisotopic (exact) mass is 134 g/mol. The van der Waals surface area contributed by atoms with Crippen molar-refractivity contribution in [3.8, 4) is 0 Å². The Hall–Kier alpha value is 0.350. The molecule has 52 valence electrons. The summed E-state index contributed by atoms with van der Waals surface area (Å²) >= 11 is 1.99. The Morgan fingerprint density at radius 1 is 1.62 bits per heavy atom. The van der Waals surface area contributed by atoms with Crippen molar-refractivity contribution in [3.05, 3.63) is 0 Å². The van der Waals surface area contributed by atoms with E-state index in [0.29, 0.717) is 0 Å². The van der Waals surface area contributed by atoms with Crippen LogP contribution >= 0.6 is 11.8 Å². The van der Waals surface area contributed by atoms with Gasteiger partial charge in [0.1, 0.15) is 0 Å². The van der Waals surface area contributed by atoms with E-state index in [4.69, 9.17) is 0 Å². The van der Waals surface area contributed by atoms with Gasteiger partial charge in [-0.2, -0.15) is 11.8 Å². The van der Waals surface area contributed by atoms with Gasteiger partial charge in [-0.15, -0.1) is 0 Å².